The molecule has 0 unspecified atom stereocenters. The van der Waals surface area contributed by atoms with Crippen LogP contribution in [0, 0.1) is 13.8 Å². The van der Waals surface area contributed by atoms with E-state index in [0.29, 0.717) is 6.42 Å². The molecule has 196 valence electrons. The summed E-state index contributed by atoms with van der Waals surface area (Å²) in [5.74, 6) is -3.48. The Hall–Kier alpha value is -3.56. The Balaban J connectivity index is 0.000000568. The number of thiazole rings is 1. The zero-order chi connectivity index (χ0) is 27.0. The molecule has 1 saturated heterocycles. The maximum absolute atomic E-state index is 13.4. The molecule has 1 aliphatic heterocycles. The third kappa shape index (κ3) is 6.81. The van der Waals surface area contributed by atoms with Gasteiger partial charge in [0.2, 0.25) is 5.91 Å². The molecule has 1 amide bonds. The van der Waals surface area contributed by atoms with Crippen molar-refractivity contribution in [3.05, 3.63) is 81.8 Å². The van der Waals surface area contributed by atoms with Gasteiger partial charge in [0.15, 0.2) is 0 Å². The van der Waals surface area contributed by atoms with Crippen molar-refractivity contribution in [1.82, 2.24) is 9.88 Å². The monoisotopic (exact) mass is 523 g/mol. The van der Waals surface area contributed by atoms with Gasteiger partial charge in [-0.3, -0.25) is 14.6 Å². The van der Waals surface area contributed by atoms with Gasteiger partial charge in [0.1, 0.15) is 10.5 Å². The molecule has 9 heteroatoms. The number of likely N-dealkylation sites (tertiary alicyclic amines) is 1. The van der Waals surface area contributed by atoms with Crippen molar-refractivity contribution in [2.24, 2.45) is 0 Å². The molecule has 0 aliphatic carbocycles. The second-order valence-electron chi connectivity index (χ2n) is 9.07. The molecular formula is C28H33N3O5S. The van der Waals surface area contributed by atoms with E-state index >= 15 is 0 Å². The van der Waals surface area contributed by atoms with E-state index in [1.165, 1.54) is 5.56 Å². The summed E-state index contributed by atoms with van der Waals surface area (Å²) < 4.78 is 0. The molecule has 1 aliphatic rings. The molecule has 3 aromatic rings. The molecule has 1 fully saturated rings. The van der Waals surface area contributed by atoms with Crippen LogP contribution in [0.2, 0.25) is 0 Å². The van der Waals surface area contributed by atoms with E-state index < -0.39 is 17.5 Å². The van der Waals surface area contributed by atoms with Crippen LogP contribution >= 0.6 is 11.3 Å². The van der Waals surface area contributed by atoms with E-state index in [1.54, 1.807) is 11.3 Å². The minimum absolute atomic E-state index is 0.165. The lowest BCUT2D eigenvalue weighted by Gasteiger charge is -2.48. The molecule has 2 aromatic carbocycles. The lowest BCUT2D eigenvalue weighted by Crippen LogP contribution is -2.55. The predicted molar refractivity (Wildman–Crippen MR) is 144 cm³/mol. The van der Waals surface area contributed by atoms with E-state index in [1.807, 2.05) is 26.0 Å². The van der Waals surface area contributed by atoms with Crippen molar-refractivity contribution in [2.45, 2.75) is 52.1 Å². The Kier molecular flexibility index (Phi) is 9.54. The van der Waals surface area contributed by atoms with E-state index in [-0.39, 0.29) is 5.91 Å². The second-order valence-corrected chi connectivity index (χ2v) is 9.92. The van der Waals surface area contributed by atoms with Gasteiger partial charge in [-0.2, -0.15) is 0 Å². The molecule has 0 saturated carbocycles. The first-order chi connectivity index (χ1) is 17.7. The average Bonchev–Trinajstić information content (AvgIpc) is 3.34. The highest BCUT2D eigenvalue weighted by atomic mass is 32.1. The van der Waals surface area contributed by atoms with Crippen molar-refractivity contribution in [2.75, 3.05) is 18.0 Å². The number of carboxylic acids is 2. The molecule has 8 nitrogen and oxygen atoms in total. The van der Waals surface area contributed by atoms with Crippen LogP contribution in [-0.4, -0.2) is 51.0 Å². The van der Waals surface area contributed by atoms with Crippen LogP contribution in [0.25, 0.3) is 0 Å². The normalized spacial score (nSPS) is 14.8. The molecule has 0 bridgehead atoms. The summed E-state index contributed by atoms with van der Waals surface area (Å²) in [4.78, 5) is 41.1. The fraction of sp³-hybridized carbons (Fsp3) is 0.357. The van der Waals surface area contributed by atoms with Crippen LogP contribution in [0.5, 0.6) is 0 Å². The summed E-state index contributed by atoms with van der Waals surface area (Å²) in [6.07, 6.45) is 2.24. The standard InChI is InChI=1S/C26H31N3OS.C2H2O4/c1-4-24(30)29(23-13-9-8-10-20(23)2)26(25-27-21(3)19-31-25)14-16-28(17-15-26)18-22-11-6-5-7-12-22;3-1(4)2(5)6/h5-13,19H,4,14-18H2,1-3H3;(H,3,4)(H,5,6). The first-order valence-corrected chi connectivity index (χ1v) is 13.1. The van der Waals surface area contributed by atoms with Crippen LogP contribution < -0.4 is 4.90 Å². The van der Waals surface area contributed by atoms with Crippen molar-refractivity contribution >= 4 is 34.9 Å². The third-order valence-electron chi connectivity index (χ3n) is 6.47. The summed E-state index contributed by atoms with van der Waals surface area (Å²) in [6.45, 7) is 8.91. The van der Waals surface area contributed by atoms with E-state index in [0.717, 1.165) is 54.4 Å². The number of piperidine rings is 1. The number of hydrogen-bond donors (Lipinski definition) is 2. The Morgan fingerprint density at radius 1 is 0.973 bits per heavy atom. The Bertz CT molecular complexity index is 1210. The summed E-state index contributed by atoms with van der Waals surface area (Å²) in [5, 5.41) is 18.0. The van der Waals surface area contributed by atoms with Crippen molar-refractivity contribution in [3.8, 4) is 0 Å². The average molecular weight is 524 g/mol. The predicted octanol–water partition coefficient (Wildman–Crippen LogP) is 4.85. The van der Waals surface area contributed by atoms with Crippen LogP contribution in [0.15, 0.2) is 60.0 Å². The summed E-state index contributed by atoms with van der Waals surface area (Å²) in [7, 11) is 0. The lowest BCUT2D eigenvalue weighted by molar-refractivity contribution is -0.159. The number of hydrogen-bond acceptors (Lipinski definition) is 6. The minimum atomic E-state index is -1.82. The molecule has 0 radical (unpaired) electrons. The number of benzene rings is 2. The van der Waals surface area contributed by atoms with Gasteiger partial charge in [-0.1, -0.05) is 55.5 Å². The highest BCUT2D eigenvalue weighted by molar-refractivity contribution is 7.09. The molecule has 0 spiro atoms. The largest absolute Gasteiger partial charge is 0.473 e. The SMILES string of the molecule is CCC(=O)N(c1ccccc1C)C1(c2nc(C)cs2)CCN(Cc2ccccc2)CC1.O=C(O)C(=O)O. The molecule has 2 heterocycles. The van der Waals surface area contributed by atoms with Gasteiger partial charge in [-0.25, -0.2) is 14.6 Å². The van der Waals surface area contributed by atoms with Gasteiger partial charge in [0.05, 0.1) is 0 Å². The van der Waals surface area contributed by atoms with Gasteiger partial charge in [-0.15, -0.1) is 11.3 Å². The number of rotatable bonds is 6. The van der Waals surface area contributed by atoms with Crippen molar-refractivity contribution in [1.29, 1.82) is 0 Å². The number of carbonyl (C=O) groups excluding carboxylic acids is 1. The second kappa shape index (κ2) is 12.6. The number of aryl methyl sites for hydroxylation is 2. The van der Waals surface area contributed by atoms with E-state index in [4.69, 9.17) is 24.8 Å². The third-order valence-corrected chi connectivity index (χ3v) is 7.62. The van der Waals surface area contributed by atoms with E-state index in [9.17, 15) is 4.79 Å². The Morgan fingerprint density at radius 3 is 2.08 bits per heavy atom. The van der Waals surface area contributed by atoms with Crippen LogP contribution in [0.1, 0.15) is 48.0 Å². The van der Waals surface area contributed by atoms with Gasteiger partial charge in [-0.05, 0) is 43.9 Å². The maximum atomic E-state index is 13.4. The minimum Gasteiger partial charge on any atom is -0.473 e. The fourth-order valence-corrected chi connectivity index (χ4v) is 5.65. The smallest absolute Gasteiger partial charge is 0.414 e. The first kappa shape index (κ1) is 28.0. The maximum Gasteiger partial charge on any atom is 0.414 e. The van der Waals surface area contributed by atoms with Gasteiger partial charge in [0.25, 0.3) is 0 Å². The number of carboxylic acid groups (broad SMARTS) is 2. The van der Waals surface area contributed by atoms with Gasteiger partial charge in [0, 0.05) is 42.8 Å². The highest BCUT2D eigenvalue weighted by Gasteiger charge is 2.46. The van der Waals surface area contributed by atoms with Crippen molar-refractivity contribution in [3.63, 3.8) is 0 Å². The van der Waals surface area contributed by atoms with Gasteiger partial charge >= 0.3 is 11.9 Å². The lowest BCUT2D eigenvalue weighted by atomic mass is 9.84. The Labute approximate surface area is 221 Å². The molecule has 37 heavy (non-hydrogen) atoms. The van der Waals surface area contributed by atoms with Crippen LogP contribution in [0.4, 0.5) is 5.69 Å². The number of amides is 1. The number of nitrogens with zero attached hydrogens (tertiary/aromatic N) is 3. The number of para-hydroxylation sites is 1. The number of aromatic nitrogens is 1. The van der Waals surface area contributed by atoms with Crippen molar-refractivity contribution < 1.29 is 24.6 Å². The highest BCUT2D eigenvalue weighted by Crippen LogP contribution is 2.44. The number of aliphatic carboxylic acids is 2. The molecule has 2 N–H and O–H groups in total. The fourth-order valence-electron chi connectivity index (χ4n) is 4.60. The summed E-state index contributed by atoms with van der Waals surface area (Å²) in [6, 6.07) is 18.9. The Morgan fingerprint density at radius 2 is 1.57 bits per heavy atom. The quantitative estimate of drug-likeness (QED) is 0.444. The number of carbonyl (C=O) groups is 3. The van der Waals surface area contributed by atoms with E-state index in [2.05, 4.69) is 64.6 Å². The molecule has 4 rings (SSSR count). The van der Waals surface area contributed by atoms with Crippen LogP contribution in [-0.2, 0) is 26.5 Å². The number of anilines is 1. The molecule has 0 atom stereocenters. The molecule has 1 aromatic heterocycles. The summed E-state index contributed by atoms with van der Waals surface area (Å²) >= 11 is 1.69. The molecular weight excluding hydrogens is 490 g/mol. The summed E-state index contributed by atoms with van der Waals surface area (Å²) in [5.41, 5.74) is 4.10. The topological polar surface area (TPSA) is 111 Å². The first-order valence-electron chi connectivity index (χ1n) is 12.2. The van der Waals surface area contributed by atoms with Crippen LogP contribution in [0.3, 0.4) is 0 Å². The van der Waals surface area contributed by atoms with Gasteiger partial charge < -0.3 is 10.2 Å². The zero-order valence-electron chi connectivity index (χ0n) is 21.4. The zero-order valence-corrected chi connectivity index (χ0v) is 22.2.